The van der Waals surface area contributed by atoms with Gasteiger partial charge in [-0.15, -0.1) is 34.0 Å². The summed E-state index contributed by atoms with van der Waals surface area (Å²) in [4.78, 5) is 28.4. The van der Waals surface area contributed by atoms with Crippen molar-refractivity contribution in [3.63, 3.8) is 0 Å². The number of benzene rings is 4. The Morgan fingerprint density at radius 2 is 0.977 bits per heavy atom. The molecule has 0 N–H and O–H groups in total. The van der Waals surface area contributed by atoms with Crippen molar-refractivity contribution in [3.05, 3.63) is 117 Å². The SMILES string of the molecule is Cc1c(-c2cc3sc4cc(-c5c(C)c6c(ccc7ccccc76)oc5=O)sc4c3s2)c(=O)oc2ccc3ccccc3c12. The Labute approximate surface area is 255 Å². The lowest BCUT2D eigenvalue weighted by atomic mass is 9.99. The van der Waals surface area contributed by atoms with Gasteiger partial charge in [0, 0.05) is 29.9 Å². The monoisotopic (exact) mass is 612 g/mol. The van der Waals surface area contributed by atoms with E-state index in [4.69, 9.17) is 8.83 Å². The molecule has 0 saturated heterocycles. The highest BCUT2D eigenvalue weighted by Gasteiger charge is 2.22. The molecule has 4 aromatic carbocycles. The van der Waals surface area contributed by atoms with Crippen molar-refractivity contribution in [2.75, 3.05) is 0 Å². The van der Waals surface area contributed by atoms with E-state index in [9.17, 15) is 9.59 Å². The van der Waals surface area contributed by atoms with E-state index in [1.54, 1.807) is 34.0 Å². The van der Waals surface area contributed by atoms with Gasteiger partial charge in [-0.05, 0) is 70.8 Å². The van der Waals surface area contributed by atoms with Crippen LogP contribution in [-0.4, -0.2) is 0 Å². The maximum absolute atomic E-state index is 13.3. The Morgan fingerprint density at radius 3 is 1.44 bits per heavy atom. The van der Waals surface area contributed by atoms with E-state index in [1.165, 1.54) is 0 Å². The summed E-state index contributed by atoms with van der Waals surface area (Å²) in [6.07, 6.45) is 0. The fourth-order valence-corrected chi connectivity index (χ4v) is 10.7. The number of hydrogen-bond donors (Lipinski definition) is 0. The van der Waals surface area contributed by atoms with Gasteiger partial charge >= 0.3 is 11.3 Å². The minimum Gasteiger partial charge on any atom is -0.422 e. The summed E-state index contributed by atoms with van der Waals surface area (Å²) < 4.78 is 16.2. The molecule has 0 fully saturated rings. The molecular weight excluding hydrogens is 593 g/mol. The summed E-state index contributed by atoms with van der Waals surface area (Å²) in [5.74, 6) is 0. The van der Waals surface area contributed by atoms with Crippen LogP contribution in [0.1, 0.15) is 11.1 Å². The third-order valence-corrected chi connectivity index (χ3v) is 12.2. The largest absolute Gasteiger partial charge is 0.422 e. The highest BCUT2D eigenvalue weighted by atomic mass is 32.1. The molecule has 0 bridgehead atoms. The molecule has 206 valence electrons. The van der Waals surface area contributed by atoms with Gasteiger partial charge in [-0.3, -0.25) is 0 Å². The molecule has 0 saturated carbocycles. The molecule has 43 heavy (non-hydrogen) atoms. The summed E-state index contributed by atoms with van der Waals surface area (Å²) in [6, 6.07) is 28.3. The minimum atomic E-state index is -0.325. The van der Waals surface area contributed by atoms with Crippen LogP contribution < -0.4 is 11.3 Å². The van der Waals surface area contributed by atoms with Crippen LogP contribution in [0.4, 0.5) is 0 Å². The molecule has 9 rings (SSSR count). The molecular formula is C36H20O4S3. The van der Waals surface area contributed by atoms with Gasteiger partial charge in [-0.2, -0.15) is 0 Å². The minimum absolute atomic E-state index is 0.325. The summed E-state index contributed by atoms with van der Waals surface area (Å²) in [5, 5.41) is 6.31. The Hall–Kier alpha value is -4.56. The summed E-state index contributed by atoms with van der Waals surface area (Å²) in [6.45, 7) is 4.03. The van der Waals surface area contributed by atoms with Crippen molar-refractivity contribution in [2.24, 2.45) is 0 Å². The topological polar surface area (TPSA) is 60.4 Å². The van der Waals surface area contributed by atoms with Gasteiger partial charge in [-0.25, -0.2) is 9.59 Å². The number of fused-ring (bicyclic) bond motifs is 9. The highest BCUT2D eigenvalue weighted by Crippen LogP contribution is 2.49. The van der Waals surface area contributed by atoms with E-state index in [1.807, 2.05) is 62.4 Å². The molecule has 5 heterocycles. The quantitative estimate of drug-likeness (QED) is 0.144. The molecule has 0 amide bonds. The lowest BCUT2D eigenvalue weighted by molar-refractivity contribution is 0.563. The fraction of sp³-hybridized carbons (Fsp3) is 0.0556. The zero-order chi connectivity index (χ0) is 29.0. The number of hydrogen-bond acceptors (Lipinski definition) is 7. The first-order chi connectivity index (χ1) is 21.0. The van der Waals surface area contributed by atoms with E-state index < -0.39 is 0 Å². The second kappa shape index (κ2) is 8.97. The molecule has 5 aromatic heterocycles. The van der Waals surface area contributed by atoms with Crippen LogP contribution in [0.3, 0.4) is 0 Å². The maximum atomic E-state index is 13.3. The van der Waals surface area contributed by atoms with Gasteiger partial charge in [0.25, 0.3) is 0 Å². The smallest absolute Gasteiger partial charge is 0.345 e. The molecule has 0 aliphatic heterocycles. The Balaban J connectivity index is 1.24. The molecule has 0 spiro atoms. The average Bonchev–Trinajstić information content (AvgIpc) is 3.67. The molecule has 0 aliphatic carbocycles. The molecule has 9 aromatic rings. The molecule has 0 atom stereocenters. The van der Waals surface area contributed by atoms with Crippen LogP contribution in [0, 0.1) is 13.8 Å². The number of thiophene rings is 3. The van der Waals surface area contributed by atoms with E-state index in [2.05, 4.69) is 36.4 Å². The van der Waals surface area contributed by atoms with E-state index in [0.29, 0.717) is 22.3 Å². The summed E-state index contributed by atoms with van der Waals surface area (Å²) in [7, 11) is 0. The first-order valence-corrected chi connectivity index (χ1v) is 16.3. The Kier molecular flexibility index (Phi) is 5.21. The van der Waals surface area contributed by atoms with Crippen LogP contribution in [0.2, 0.25) is 0 Å². The highest BCUT2D eigenvalue weighted by molar-refractivity contribution is 7.40. The lowest BCUT2D eigenvalue weighted by Gasteiger charge is -2.09. The van der Waals surface area contributed by atoms with E-state index in [-0.39, 0.29) is 11.3 Å². The van der Waals surface area contributed by atoms with Gasteiger partial charge in [-0.1, -0.05) is 60.7 Å². The zero-order valence-corrected chi connectivity index (χ0v) is 25.4. The van der Waals surface area contributed by atoms with E-state index >= 15 is 0 Å². The Morgan fingerprint density at radius 1 is 0.535 bits per heavy atom. The van der Waals surface area contributed by atoms with Crippen LogP contribution >= 0.6 is 34.0 Å². The molecule has 0 radical (unpaired) electrons. The van der Waals surface area contributed by atoms with Gasteiger partial charge < -0.3 is 8.83 Å². The summed E-state index contributed by atoms with van der Waals surface area (Å²) >= 11 is 4.90. The first-order valence-electron chi connectivity index (χ1n) is 13.8. The van der Waals surface area contributed by atoms with Crippen LogP contribution in [0.25, 0.3) is 83.2 Å². The predicted octanol–water partition coefficient (Wildman–Crippen LogP) is 10.6. The number of aryl methyl sites for hydroxylation is 2. The lowest BCUT2D eigenvalue weighted by Crippen LogP contribution is -2.05. The van der Waals surface area contributed by atoms with Crippen molar-refractivity contribution in [3.8, 4) is 20.9 Å². The van der Waals surface area contributed by atoms with Crippen molar-refractivity contribution in [1.29, 1.82) is 0 Å². The van der Waals surface area contributed by atoms with Crippen molar-refractivity contribution < 1.29 is 8.83 Å². The van der Waals surface area contributed by atoms with Crippen LogP contribution in [0.5, 0.6) is 0 Å². The van der Waals surface area contributed by atoms with Crippen LogP contribution in [-0.2, 0) is 0 Å². The van der Waals surface area contributed by atoms with Gasteiger partial charge in [0.15, 0.2) is 0 Å². The third kappa shape index (κ3) is 3.53. The second-order valence-electron chi connectivity index (χ2n) is 10.8. The van der Waals surface area contributed by atoms with E-state index in [0.717, 1.165) is 72.0 Å². The molecule has 4 nitrogen and oxygen atoms in total. The Bertz CT molecular complexity index is 2560. The van der Waals surface area contributed by atoms with Crippen molar-refractivity contribution in [1.82, 2.24) is 0 Å². The predicted molar refractivity (Wildman–Crippen MR) is 183 cm³/mol. The second-order valence-corrected chi connectivity index (χ2v) is 14.0. The third-order valence-electron chi connectivity index (χ3n) is 8.41. The maximum Gasteiger partial charge on any atom is 0.345 e. The molecule has 7 heteroatoms. The number of rotatable bonds is 2. The van der Waals surface area contributed by atoms with Crippen molar-refractivity contribution in [2.45, 2.75) is 13.8 Å². The standard InChI is InChI=1S/C36H20O4S3/c1-17-29-21-9-5-3-7-19(21)11-13-23(29)39-35(37)31(17)25-15-27-33(42-25)34-28(41-27)16-26(43-34)32-18(2)30-22-10-6-4-8-20(22)12-14-24(30)40-36(32)38/h3-16H,1-2H3. The van der Waals surface area contributed by atoms with Gasteiger partial charge in [0.2, 0.25) is 0 Å². The van der Waals surface area contributed by atoms with Crippen LogP contribution in [0.15, 0.2) is 103 Å². The van der Waals surface area contributed by atoms with Crippen molar-refractivity contribution >= 4 is 96.3 Å². The van der Waals surface area contributed by atoms with Gasteiger partial charge in [0.1, 0.15) is 11.2 Å². The molecule has 0 aliphatic rings. The zero-order valence-electron chi connectivity index (χ0n) is 22.9. The molecule has 0 unspecified atom stereocenters. The first kappa shape index (κ1) is 25.0. The van der Waals surface area contributed by atoms with Gasteiger partial charge in [0.05, 0.1) is 20.5 Å². The normalized spacial score (nSPS) is 12.1. The fourth-order valence-electron chi connectivity index (χ4n) is 6.46. The average molecular weight is 613 g/mol. The summed E-state index contributed by atoms with van der Waals surface area (Å²) in [5.41, 5.74) is 3.63.